The van der Waals surface area contributed by atoms with Gasteiger partial charge in [-0.15, -0.1) is 0 Å². The Kier molecular flexibility index (Phi) is 4.95. The van der Waals surface area contributed by atoms with Crippen LogP contribution in [-0.2, 0) is 16.4 Å². The number of fused-ring (bicyclic) bond motifs is 1. The predicted molar refractivity (Wildman–Crippen MR) is 108 cm³/mol. The lowest BCUT2D eigenvalue weighted by Crippen LogP contribution is -2.39. The molecule has 1 amide bonds. The second-order valence-corrected chi connectivity index (χ2v) is 8.96. The number of hydrogen-bond acceptors (Lipinski definition) is 3. The lowest BCUT2D eigenvalue weighted by molar-refractivity contribution is 0.0685. The van der Waals surface area contributed by atoms with E-state index in [0.717, 1.165) is 37.9 Å². The molecule has 146 valence electrons. The van der Waals surface area contributed by atoms with E-state index in [2.05, 4.69) is 29.2 Å². The van der Waals surface area contributed by atoms with E-state index in [0.29, 0.717) is 17.0 Å². The summed E-state index contributed by atoms with van der Waals surface area (Å²) in [5.74, 6) is 0.540. The molecule has 2 aromatic carbocycles. The van der Waals surface area contributed by atoms with Gasteiger partial charge < -0.3 is 9.88 Å². The topological polar surface area (TPSA) is 96.3 Å². The van der Waals surface area contributed by atoms with Gasteiger partial charge in [-0.2, -0.15) is 0 Å². The van der Waals surface area contributed by atoms with E-state index in [1.807, 2.05) is 11.0 Å². The highest BCUT2D eigenvalue weighted by molar-refractivity contribution is 7.89. The molecule has 0 aliphatic carbocycles. The number of primary sulfonamides is 1. The molecule has 0 unspecified atom stereocenters. The second kappa shape index (κ2) is 7.41. The van der Waals surface area contributed by atoms with Crippen LogP contribution in [0.25, 0.3) is 10.9 Å². The number of nitrogens with zero attached hydrogens (tertiary/aromatic N) is 1. The Balaban J connectivity index is 1.44. The summed E-state index contributed by atoms with van der Waals surface area (Å²) in [6.45, 7) is 1.46. The molecule has 7 heteroatoms. The summed E-state index contributed by atoms with van der Waals surface area (Å²) in [5, 5.41) is 5.85. The highest BCUT2D eigenvalue weighted by Gasteiger charge is 2.25. The summed E-state index contributed by atoms with van der Waals surface area (Å²) in [7, 11) is -3.77. The van der Waals surface area contributed by atoms with Crippen molar-refractivity contribution in [2.45, 2.75) is 24.2 Å². The zero-order valence-electron chi connectivity index (χ0n) is 15.5. The van der Waals surface area contributed by atoms with Gasteiger partial charge in [0.15, 0.2) is 0 Å². The van der Waals surface area contributed by atoms with Crippen LogP contribution in [0.5, 0.6) is 0 Å². The van der Waals surface area contributed by atoms with Gasteiger partial charge in [-0.1, -0.05) is 30.3 Å². The molecule has 3 aromatic rings. The Morgan fingerprint density at radius 2 is 1.79 bits per heavy atom. The number of aromatic amines is 1. The van der Waals surface area contributed by atoms with Crippen LogP contribution in [0.1, 0.15) is 28.9 Å². The number of carbonyl (C=O) groups excluding carboxylic acids is 1. The first-order chi connectivity index (χ1) is 13.4. The van der Waals surface area contributed by atoms with Gasteiger partial charge in [-0.25, -0.2) is 13.6 Å². The van der Waals surface area contributed by atoms with Gasteiger partial charge in [0.2, 0.25) is 10.0 Å². The number of nitrogens with one attached hydrogen (secondary N) is 1. The van der Waals surface area contributed by atoms with E-state index < -0.39 is 10.0 Å². The summed E-state index contributed by atoms with van der Waals surface area (Å²) in [6.07, 6.45) is 3.01. The Morgan fingerprint density at radius 1 is 1.07 bits per heavy atom. The predicted octanol–water partition coefficient (Wildman–Crippen LogP) is 2.91. The van der Waals surface area contributed by atoms with Crippen LogP contribution >= 0.6 is 0 Å². The van der Waals surface area contributed by atoms with Gasteiger partial charge in [0.05, 0.1) is 4.90 Å². The van der Waals surface area contributed by atoms with Crippen molar-refractivity contribution in [3.05, 3.63) is 65.9 Å². The second-order valence-electron chi connectivity index (χ2n) is 7.40. The lowest BCUT2D eigenvalue weighted by Gasteiger charge is -2.31. The van der Waals surface area contributed by atoms with Gasteiger partial charge in [-0.05, 0) is 55.0 Å². The minimum atomic E-state index is -3.77. The fraction of sp³-hybridized carbons (Fsp3) is 0.286. The standard InChI is InChI=1S/C21H23N3O3S/c22-28(26,27)18-6-7-19-17(13-18)14-20(23-19)21(25)24-10-8-16(9-11-24)12-15-4-2-1-3-5-15/h1-7,13-14,16,23H,8-12H2,(H2,22,26,27). The number of hydrogen-bond donors (Lipinski definition) is 2. The number of rotatable bonds is 4. The van der Waals surface area contributed by atoms with Gasteiger partial charge in [0.1, 0.15) is 5.69 Å². The average Bonchev–Trinajstić information content (AvgIpc) is 3.11. The van der Waals surface area contributed by atoms with Crippen molar-refractivity contribution in [3.8, 4) is 0 Å². The number of carbonyl (C=O) groups is 1. The molecule has 0 saturated carbocycles. The number of amides is 1. The molecule has 3 N–H and O–H groups in total. The summed E-state index contributed by atoms with van der Waals surface area (Å²) >= 11 is 0. The molecule has 1 aliphatic rings. The molecule has 6 nitrogen and oxygen atoms in total. The maximum absolute atomic E-state index is 12.9. The number of likely N-dealkylation sites (tertiary alicyclic amines) is 1. The normalized spacial score (nSPS) is 15.8. The zero-order chi connectivity index (χ0) is 19.7. The maximum atomic E-state index is 12.9. The van der Waals surface area contributed by atoms with E-state index in [-0.39, 0.29) is 10.8 Å². The number of benzene rings is 2. The van der Waals surface area contributed by atoms with Gasteiger partial charge in [-0.3, -0.25) is 4.79 Å². The van der Waals surface area contributed by atoms with Gasteiger partial charge >= 0.3 is 0 Å². The van der Waals surface area contributed by atoms with Gasteiger partial charge in [0, 0.05) is 24.0 Å². The van der Waals surface area contributed by atoms with E-state index in [1.54, 1.807) is 12.1 Å². The van der Waals surface area contributed by atoms with Crippen LogP contribution in [0.2, 0.25) is 0 Å². The lowest BCUT2D eigenvalue weighted by atomic mass is 9.90. The van der Waals surface area contributed by atoms with Crippen molar-refractivity contribution >= 4 is 26.8 Å². The van der Waals surface area contributed by atoms with Crippen molar-refractivity contribution in [2.75, 3.05) is 13.1 Å². The molecule has 0 spiro atoms. The summed E-state index contributed by atoms with van der Waals surface area (Å²) < 4.78 is 23.0. The summed E-state index contributed by atoms with van der Waals surface area (Å²) in [6, 6.07) is 16.7. The Bertz CT molecular complexity index is 1100. The molecule has 28 heavy (non-hydrogen) atoms. The van der Waals surface area contributed by atoms with E-state index >= 15 is 0 Å². The minimum absolute atomic E-state index is 0.0414. The van der Waals surface area contributed by atoms with E-state index in [9.17, 15) is 13.2 Å². The Labute approximate surface area is 164 Å². The van der Waals surface area contributed by atoms with Crippen molar-refractivity contribution in [1.82, 2.24) is 9.88 Å². The quantitative estimate of drug-likeness (QED) is 0.708. The van der Waals surface area contributed by atoms with Crippen molar-refractivity contribution in [2.24, 2.45) is 11.1 Å². The SMILES string of the molecule is NS(=O)(=O)c1ccc2[nH]c(C(=O)N3CCC(Cc4ccccc4)CC3)cc2c1. The third-order valence-electron chi connectivity index (χ3n) is 5.42. The molecule has 1 aromatic heterocycles. The van der Waals surface area contributed by atoms with Crippen molar-refractivity contribution in [1.29, 1.82) is 0 Å². The molecule has 0 bridgehead atoms. The highest BCUT2D eigenvalue weighted by atomic mass is 32.2. The molecule has 1 fully saturated rings. The number of nitrogens with two attached hydrogens (primary N) is 1. The fourth-order valence-electron chi connectivity index (χ4n) is 3.86. The van der Waals surface area contributed by atoms with Crippen LogP contribution in [0.3, 0.4) is 0 Å². The summed E-state index contributed by atoms with van der Waals surface area (Å²) in [5.41, 5.74) is 2.53. The van der Waals surface area contributed by atoms with E-state index in [1.165, 1.54) is 17.7 Å². The molecule has 4 rings (SSSR count). The molecule has 0 radical (unpaired) electrons. The van der Waals surface area contributed by atoms with Crippen molar-refractivity contribution < 1.29 is 13.2 Å². The first-order valence-corrected chi connectivity index (χ1v) is 10.9. The number of H-pyrrole nitrogens is 1. The smallest absolute Gasteiger partial charge is 0.270 e. The zero-order valence-corrected chi connectivity index (χ0v) is 16.3. The third kappa shape index (κ3) is 3.95. The van der Waals surface area contributed by atoms with Crippen LogP contribution in [-0.4, -0.2) is 37.3 Å². The Morgan fingerprint density at radius 3 is 2.46 bits per heavy atom. The Hall–Kier alpha value is -2.64. The van der Waals surface area contributed by atoms with Crippen LogP contribution in [0.4, 0.5) is 0 Å². The number of aromatic nitrogens is 1. The molecular formula is C21H23N3O3S. The largest absolute Gasteiger partial charge is 0.351 e. The van der Waals surface area contributed by atoms with Gasteiger partial charge in [0.25, 0.3) is 5.91 Å². The first-order valence-electron chi connectivity index (χ1n) is 9.39. The van der Waals surface area contributed by atoms with Crippen LogP contribution in [0, 0.1) is 5.92 Å². The average molecular weight is 398 g/mol. The first kappa shape index (κ1) is 18.7. The number of piperidine rings is 1. The monoisotopic (exact) mass is 397 g/mol. The molecule has 2 heterocycles. The highest BCUT2D eigenvalue weighted by Crippen LogP contribution is 2.24. The van der Waals surface area contributed by atoms with Crippen molar-refractivity contribution in [3.63, 3.8) is 0 Å². The van der Waals surface area contributed by atoms with E-state index in [4.69, 9.17) is 5.14 Å². The maximum Gasteiger partial charge on any atom is 0.270 e. The molecule has 1 aliphatic heterocycles. The fourth-order valence-corrected chi connectivity index (χ4v) is 4.41. The summed E-state index contributed by atoms with van der Waals surface area (Å²) in [4.78, 5) is 17.9. The van der Waals surface area contributed by atoms with Crippen LogP contribution < -0.4 is 5.14 Å². The molecule has 1 saturated heterocycles. The van der Waals surface area contributed by atoms with Crippen LogP contribution in [0.15, 0.2) is 59.5 Å². The third-order valence-corrected chi connectivity index (χ3v) is 6.33. The molecule has 0 atom stereocenters. The molecular weight excluding hydrogens is 374 g/mol. The number of sulfonamides is 1. The minimum Gasteiger partial charge on any atom is -0.351 e.